The minimum absolute atomic E-state index is 0.298. The second-order valence-corrected chi connectivity index (χ2v) is 9.78. The third-order valence-electron chi connectivity index (χ3n) is 6.14. The standard InChI is InChI=1S/C25H40N4O3S/c1-3-9-23(25(32)27-20-31)28(2)18-22-21(19-30)10-8-11-24(22)33-17-7-5-4-6-14-29-15-12-26-13-16-29/h8,10-11,19-20,23,26H,3-7,9,12-18H2,1-2H3,(H,27,31,32). The molecule has 1 aromatic carbocycles. The van der Waals surface area contributed by atoms with Crippen molar-refractivity contribution in [3.05, 3.63) is 29.3 Å². The minimum Gasteiger partial charge on any atom is -0.314 e. The highest BCUT2D eigenvalue weighted by Gasteiger charge is 2.23. The summed E-state index contributed by atoms with van der Waals surface area (Å²) in [7, 11) is 1.87. The summed E-state index contributed by atoms with van der Waals surface area (Å²) < 4.78 is 0. The van der Waals surface area contributed by atoms with E-state index in [1.807, 2.05) is 31.0 Å². The van der Waals surface area contributed by atoms with Crippen molar-refractivity contribution in [2.45, 2.75) is 62.9 Å². The van der Waals surface area contributed by atoms with E-state index in [0.29, 0.717) is 24.9 Å². The normalized spacial score (nSPS) is 15.4. The lowest BCUT2D eigenvalue weighted by molar-refractivity contribution is -0.129. The molecule has 1 heterocycles. The fourth-order valence-electron chi connectivity index (χ4n) is 4.24. The van der Waals surface area contributed by atoms with Crippen molar-refractivity contribution in [2.75, 3.05) is 45.5 Å². The number of nitrogens with one attached hydrogen (secondary N) is 2. The SMILES string of the molecule is CCCC(C(=O)NC=O)N(C)Cc1c(C=O)cccc1SCCCCCCN1CCNCC1. The number of piperazine rings is 1. The Morgan fingerprint density at radius 1 is 1.21 bits per heavy atom. The Hall–Kier alpha value is -1.74. The zero-order chi connectivity index (χ0) is 23.9. The van der Waals surface area contributed by atoms with E-state index >= 15 is 0 Å². The third kappa shape index (κ3) is 9.57. The summed E-state index contributed by atoms with van der Waals surface area (Å²) in [6, 6.07) is 5.40. The van der Waals surface area contributed by atoms with Gasteiger partial charge in [-0.15, -0.1) is 11.8 Å². The molecule has 0 saturated carbocycles. The molecule has 184 valence electrons. The summed E-state index contributed by atoms with van der Waals surface area (Å²) in [6.07, 6.45) is 7.66. The van der Waals surface area contributed by atoms with Crippen LogP contribution in [0.3, 0.4) is 0 Å². The maximum Gasteiger partial charge on any atom is 0.243 e. The predicted octanol–water partition coefficient (Wildman–Crippen LogP) is 2.93. The average molecular weight is 477 g/mol. The van der Waals surface area contributed by atoms with Crippen LogP contribution >= 0.6 is 11.8 Å². The summed E-state index contributed by atoms with van der Waals surface area (Å²) >= 11 is 1.79. The number of carbonyl (C=O) groups is 3. The maximum absolute atomic E-state index is 12.3. The number of carbonyl (C=O) groups excluding carboxylic acids is 3. The lowest BCUT2D eigenvalue weighted by Crippen LogP contribution is -2.44. The fourth-order valence-corrected chi connectivity index (χ4v) is 5.34. The first-order valence-electron chi connectivity index (χ1n) is 12.2. The van der Waals surface area contributed by atoms with E-state index in [1.165, 1.54) is 25.8 Å². The molecule has 0 aromatic heterocycles. The lowest BCUT2D eigenvalue weighted by Gasteiger charge is -2.27. The van der Waals surface area contributed by atoms with Crippen LogP contribution in [0.2, 0.25) is 0 Å². The first-order valence-corrected chi connectivity index (χ1v) is 13.2. The van der Waals surface area contributed by atoms with Gasteiger partial charge in [-0.05, 0) is 50.2 Å². The van der Waals surface area contributed by atoms with Gasteiger partial charge >= 0.3 is 0 Å². The van der Waals surface area contributed by atoms with E-state index in [0.717, 1.165) is 61.5 Å². The molecule has 2 amide bonds. The number of thioether (sulfide) groups is 1. The number of unbranched alkanes of at least 4 members (excludes halogenated alkanes) is 3. The number of nitrogens with zero attached hydrogens (tertiary/aromatic N) is 2. The van der Waals surface area contributed by atoms with Crippen molar-refractivity contribution in [1.29, 1.82) is 0 Å². The van der Waals surface area contributed by atoms with Gasteiger partial charge in [0, 0.05) is 43.2 Å². The van der Waals surface area contributed by atoms with Gasteiger partial charge in [0.25, 0.3) is 0 Å². The molecule has 1 aliphatic rings. The number of hydrogen-bond acceptors (Lipinski definition) is 7. The van der Waals surface area contributed by atoms with E-state index < -0.39 is 6.04 Å². The second-order valence-electron chi connectivity index (χ2n) is 8.64. The van der Waals surface area contributed by atoms with Crippen LogP contribution in [0, 0.1) is 0 Å². The van der Waals surface area contributed by atoms with E-state index in [4.69, 9.17) is 0 Å². The number of rotatable bonds is 16. The quantitative estimate of drug-likeness (QED) is 0.216. The average Bonchev–Trinajstić information content (AvgIpc) is 2.83. The molecule has 33 heavy (non-hydrogen) atoms. The Bertz CT molecular complexity index is 740. The molecule has 0 aliphatic carbocycles. The highest BCUT2D eigenvalue weighted by Crippen LogP contribution is 2.28. The van der Waals surface area contributed by atoms with Crippen molar-refractivity contribution in [3.63, 3.8) is 0 Å². The molecule has 1 aromatic rings. The van der Waals surface area contributed by atoms with Crippen LogP contribution in [-0.2, 0) is 16.1 Å². The van der Waals surface area contributed by atoms with Crippen LogP contribution < -0.4 is 10.6 Å². The van der Waals surface area contributed by atoms with Crippen molar-refractivity contribution < 1.29 is 14.4 Å². The van der Waals surface area contributed by atoms with Crippen LogP contribution in [0.5, 0.6) is 0 Å². The fraction of sp³-hybridized carbons (Fsp3) is 0.640. The maximum atomic E-state index is 12.3. The minimum atomic E-state index is -0.409. The summed E-state index contributed by atoms with van der Waals surface area (Å²) in [5.74, 6) is 0.712. The van der Waals surface area contributed by atoms with Gasteiger partial charge in [-0.3, -0.25) is 24.6 Å². The Balaban J connectivity index is 1.86. The molecule has 0 spiro atoms. The van der Waals surface area contributed by atoms with Crippen LogP contribution in [0.4, 0.5) is 0 Å². The van der Waals surface area contributed by atoms with Gasteiger partial charge < -0.3 is 10.2 Å². The number of amides is 2. The van der Waals surface area contributed by atoms with Gasteiger partial charge in [0.15, 0.2) is 0 Å². The van der Waals surface area contributed by atoms with Gasteiger partial charge in [0.1, 0.15) is 6.29 Å². The molecule has 1 aliphatic heterocycles. The number of imide groups is 1. The Morgan fingerprint density at radius 2 is 1.97 bits per heavy atom. The molecule has 2 rings (SSSR count). The summed E-state index contributed by atoms with van der Waals surface area (Å²) in [5, 5.41) is 5.67. The zero-order valence-corrected chi connectivity index (χ0v) is 21.0. The molecule has 0 radical (unpaired) electrons. The number of aldehydes is 1. The van der Waals surface area contributed by atoms with Gasteiger partial charge in [-0.2, -0.15) is 0 Å². The number of likely N-dealkylation sites (N-methyl/N-ethyl adjacent to an activating group) is 1. The molecule has 0 bridgehead atoms. The molecule has 7 nitrogen and oxygen atoms in total. The van der Waals surface area contributed by atoms with Crippen molar-refractivity contribution in [2.24, 2.45) is 0 Å². The van der Waals surface area contributed by atoms with E-state index in [1.54, 1.807) is 11.8 Å². The van der Waals surface area contributed by atoms with Gasteiger partial charge in [0.2, 0.25) is 12.3 Å². The van der Waals surface area contributed by atoms with E-state index in [2.05, 4.69) is 21.6 Å². The predicted molar refractivity (Wildman–Crippen MR) is 135 cm³/mol. The summed E-state index contributed by atoms with van der Waals surface area (Å²) in [5.41, 5.74) is 1.62. The highest BCUT2D eigenvalue weighted by molar-refractivity contribution is 7.99. The highest BCUT2D eigenvalue weighted by atomic mass is 32.2. The van der Waals surface area contributed by atoms with Crippen LogP contribution in [-0.4, -0.2) is 80.0 Å². The zero-order valence-electron chi connectivity index (χ0n) is 20.2. The largest absolute Gasteiger partial charge is 0.314 e. The molecular formula is C25H40N4O3S. The van der Waals surface area contributed by atoms with E-state index in [9.17, 15) is 14.4 Å². The topological polar surface area (TPSA) is 81.8 Å². The van der Waals surface area contributed by atoms with Crippen LogP contribution in [0.25, 0.3) is 0 Å². The first-order chi connectivity index (χ1) is 16.1. The van der Waals surface area contributed by atoms with Crippen molar-refractivity contribution in [1.82, 2.24) is 20.4 Å². The first kappa shape index (κ1) is 27.5. The molecule has 2 N–H and O–H groups in total. The molecule has 1 unspecified atom stereocenters. The van der Waals surface area contributed by atoms with Gasteiger partial charge in [-0.25, -0.2) is 0 Å². The van der Waals surface area contributed by atoms with Crippen molar-refractivity contribution >= 4 is 30.4 Å². The Labute approximate surface area is 203 Å². The third-order valence-corrected chi connectivity index (χ3v) is 7.32. The van der Waals surface area contributed by atoms with Gasteiger partial charge in [-0.1, -0.05) is 38.3 Å². The molecule has 1 saturated heterocycles. The molecule has 8 heteroatoms. The van der Waals surface area contributed by atoms with Crippen LogP contribution in [0.15, 0.2) is 23.1 Å². The summed E-state index contributed by atoms with van der Waals surface area (Å²) in [4.78, 5) is 40.4. The summed E-state index contributed by atoms with van der Waals surface area (Å²) in [6.45, 7) is 8.23. The Morgan fingerprint density at radius 3 is 2.67 bits per heavy atom. The Kier molecular flexibility index (Phi) is 13.3. The lowest BCUT2D eigenvalue weighted by atomic mass is 10.1. The smallest absolute Gasteiger partial charge is 0.243 e. The van der Waals surface area contributed by atoms with E-state index in [-0.39, 0.29) is 5.91 Å². The molecule has 1 fully saturated rings. The molecule has 1 atom stereocenters. The number of hydrogen-bond donors (Lipinski definition) is 2. The number of benzene rings is 1. The van der Waals surface area contributed by atoms with Crippen molar-refractivity contribution in [3.8, 4) is 0 Å². The van der Waals surface area contributed by atoms with Crippen LogP contribution in [0.1, 0.15) is 61.4 Å². The second kappa shape index (κ2) is 16.0. The monoisotopic (exact) mass is 476 g/mol. The molecular weight excluding hydrogens is 436 g/mol. The van der Waals surface area contributed by atoms with Gasteiger partial charge in [0.05, 0.1) is 6.04 Å².